The molecule has 0 radical (unpaired) electrons. The van der Waals surface area contributed by atoms with Gasteiger partial charge in [-0.15, -0.1) is 0 Å². The molecule has 0 spiro atoms. The predicted molar refractivity (Wildman–Crippen MR) is 95.9 cm³/mol. The van der Waals surface area contributed by atoms with Crippen LogP contribution in [0.3, 0.4) is 0 Å². The molecule has 1 heterocycles. The van der Waals surface area contributed by atoms with Gasteiger partial charge in [0.1, 0.15) is 17.2 Å². The third-order valence-electron chi connectivity index (χ3n) is 3.49. The number of hydrogen-bond donors (Lipinski definition) is 2. The van der Waals surface area contributed by atoms with Crippen molar-refractivity contribution < 1.29 is 19.0 Å². The molecule has 1 amide bonds. The number of benzene rings is 1. The third-order valence-corrected chi connectivity index (χ3v) is 3.49. The Kier molecular flexibility index (Phi) is 7.03. The Labute approximate surface area is 147 Å². The maximum absolute atomic E-state index is 12.0. The molecule has 7 heteroatoms. The van der Waals surface area contributed by atoms with Crippen molar-refractivity contribution in [2.75, 3.05) is 39.8 Å². The van der Waals surface area contributed by atoms with Crippen LogP contribution in [-0.4, -0.2) is 45.4 Å². The lowest BCUT2D eigenvalue weighted by atomic mass is 10.2. The van der Waals surface area contributed by atoms with Crippen LogP contribution >= 0.6 is 0 Å². The van der Waals surface area contributed by atoms with Crippen molar-refractivity contribution in [2.24, 2.45) is 0 Å². The van der Waals surface area contributed by atoms with Gasteiger partial charge in [0.15, 0.2) is 0 Å². The fourth-order valence-corrected chi connectivity index (χ4v) is 2.17. The number of carbonyl (C=O) groups is 1. The molecule has 0 saturated heterocycles. The molecule has 2 N–H and O–H groups in total. The summed E-state index contributed by atoms with van der Waals surface area (Å²) in [5, 5.41) is 6.01. The molecule has 0 aliphatic heterocycles. The number of aromatic nitrogens is 1. The molecular weight excluding hydrogens is 322 g/mol. The van der Waals surface area contributed by atoms with Crippen LogP contribution in [0.15, 0.2) is 36.5 Å². The summed E-state index contributed by atoms with van der Waals surface area (Å²) in [6.45, 7) is 1.16. The molecule has 25 heavy (non-hydrogen) atoms. The number of methoxy groups -OCH3 is 3. The largest absolute Gasteiger partial charge is 0.497 e. The first-order valence-corrected chi connectivity index (χ1v) is 7.90. The number of pyridine rings is 1. The van der Waals surface area contributed by atoms with Crippen LogP contribution in [0.2, 0.25) is 0 Å². The van der Waals surface area contributed by atoms with Gasteiger partial charge in [-0.3, -0.25) is 4.79 Å². The molecule has 0 bridgehead atoms. The highest BCUT2D eigenvalue weighted by molar-refractivity contribution is 5.92. The van der Waals surface area contributed by atoms with E-state index in [1.807, 2.05) is 12.1 Å². The van der Waals surface area contributed by atoms with E-state index in [0.29, 0.717) is 30.3 Å². The van der Waals surface area contributed by atoms with Crippen molar-refractivity contribution in [3.8, 4) is 11.5 Å². The molecule has 0 aliphatic carbocycles. The van der Waals surface area contributed by atoms with E-state index in [1.165, 1.54) is 0 Å². The van der Waals surface area contributed by atoms with Crippen molar-refractivity contribution in [2.45, 2.75) is 6.42 Å². The van der Waals surface area contributed by atoms with E-state index in [1.54, 1.807) is 45.7 Å². The highest BCUT2D eigenvalue weighted by Gasteiger charge is 2.08. The first kappa shape index (κ1) is 18.5. The highest BCUT2D eigenvalue weighted by atomic mass is 16.5. The molecule has 2 rings (SSSR count). The fourth-order valence-electron chi connectivity index (χ4n) is 2.17. The maximum Gasteiger partial charge on any atom is 0.269 e. The second-order valence-electron chi connectivity index (χ2n) is 5.23. The normalized spacial score (nSPS) is 10.2. The van der Waals surface area contributed by atoms with Gasteiger partial charge in [0.05, 0.1) is 31.8 Å². The lowest BCUT2D eigenvalue weighted by Crippen LogP contribution is -2.26. The van der Waals surface area contributed by atoms with E-state index in [2.05, 4.69) is 15.6 Å². The van der Waals surface area contributed by atoms with Crippen molar-refractivity contribution in [3.05, 3.63) is 42.2 Å². The third kappa shape index (κ3) is 5.36. The van der Waals surface area contributed by atoms with Gasteiger partial charge in [0, 0.05) is 26.3 Å². The molecule has 1 aromatic carbocycles. The fraction of sp³-hybridized carbons (Fsp3) is 0.333. The number of rotatable bonds is 9. The number of hydrogen-bond acceptors (Lipinski definition) is 6. The second kappa shape index (κ2) is 9.48. The van der Waals surface area contributed by atoms with Crippen LogP contribution in [-0.2, 0) is 4.74 Å². The van der Waals surface area contributed by atoms with Gasteiger partial charge in [-0.1, -0.05) is 0 Å². The van der Waals surface area contributed by atoms with Crippen LogP contribution in [0.4, 0.5) is 11.4 Å². The number of nitrogens with one attached hydrogen (secondary N) is 2. The summed E-state index contributed by atoms with van der Waals surface area (Å²) in [6.07, 6.45) is 2.37. The van der Waals surface area contributed by atoms with Crippen LogP contribution in [0.25, 0.3) is 0 Å². The van der Waals surface area contributed by atoms with Crippen molar-refractivity contribution in [3.63, 3.8) is 0 Å². The van der Waals surface area contributed by atoms with Gasteiger partial charge in [-0.05, 0) is 30.7 Å². The van der Waals surface area contributed by atoms with Gasteiger partial charge >= 0.3 is 0 Å². The summed E-state index contributed by atoms with van der Waals surface area (Å²) in [4.78, 5) is 16.2. The molecule has 0 atom stereocenters. The number of anilines is 2. The Balaban J connectivity index is 1.99. The zero-order chi connectivity index (χ0) is 18.1. The Morgan fingerprint density at radius 1 is 1.12 bits per heavy atom. The second-order valence-corrected chi connectivity index (χ2v) is 5.23. The van der Waals surface area contributed by atoms with Gasteiger partial charge in [0.2, 0.25) is 0 Å². The summed E-state index contributed by atoms with van der Waals surface area (Å²) < 4.78 is 15.5. The Morgan fingerprint density at radius 3 is 2.60 bits per heavy atom. The van der Waals surface area contributed by atoms with Gasteiger partial charge < -0.3 is 24.8 Å². The molecule has 2 aromatic rings. The van der Waals surface area contributed by atoms with E-state index < -0.39 is 0 Å². The Bertz CT molecular complexity index is 689. The molecule has 134 valence electrons. The van der Waals surface area contributed by atoms with E-state index in [-0.39, 0.29) is 5.91 Å². The summed E-state index contributed by atoms with van der Waals surface area (Å²) in [5.41, 5.74) is 1.89. The Morgan fingerprint density at radius 2 is 1.96 bits per heavy atom. The van der Waals surface area contributed by atoms with Gasteiger partial charge in [-0.25, -0.2) is 4.98 Å². The first-order valence-electron chi connectivity index (χ1n) is 7.90. The molecule has 7 nitrogen and oxygen atoms in total. The number of carbonyl (C=O) groups excluding carboxylic acids is 1. The van der Waals surface area contributed by atoms with Crippen LogP contribution in [0, 0.1) is 0 Å². The quantitative estimate of drug-likeness (QED) is 0.680. The molecular formula is C18H23N3O4. The average Bonchev–Trinajstić information content (AvgIpc) is 2.66. The Hall–Kier alpha value is -2.80. The van der Waals surface area contributed by atoms with E-state index in [0.717, 1.165) is 17.8 Å². The van der Waals surface area contributed by atoms with Gasteiger partial charge in [-0.2, -0.15) is 0 Å². The van der Waals surface area contributed by atoms with Crippen LogP contribution < -0.4 is 20.1 Å². The predicted octanol–water partition coefficient (Wildman–Crippen LogP) is 2.61. The minimum atomic E-state index is -0.204. The van der Waals surface area contributed by atoms with Crippen LogP contribution in [0.1, 0.15) is 16.9 Å². The van der Waals surface area contributed by atoms with Crippen molar-refractivity contribution in [1.82, 2.24) is 10.3 Å². The lowest BCUT2D eigenvalue weighted by molar-refractivity contribution is 0.0943. The molecule has 0 aliphatic rings. The smallest absolute Gasteiger partial charge is 0.269 e. The molecule has 0 saturated carbocycles. The molecule has 1 aromatic heterocycles. The van der Waals surface area contributed by atoms with E-state index in [4.69, 9.17) is 14.2 Å². The summed E-state index contributed by atoms with van der Waals surface area (Å²) in [7, 11) is 4.83. The number of amides is 1. The average molecular weight is 345 g/mol. The van der Waals surface area contributed by atoms with Crippen molar-refractivity contribution >= 4 is 17.3 Å². The van der Waals surface area contributed by atoms with E-state index in [9.17, 15) is 4.79 Å². The molecule has 0 unspecified atom stereocenters. The minimum Gasteiger partial charge on any atom is -0.497 e. The summed E-state index contributed by atoms with van der Waals surface area (Å²) in [6, 6.07) is 8.94. The lowest BCUT2D eigenvalue weighted by Gasteiger charge is -2.12. The first-order chi connectivity index (χ1) is 12.2. The van der Waals surface area contributed by atoms with Crippen molar-refractivity contribution in [1.29, 1.82) is 0 Å². The molecule has 0 fully saturated rings. The number of ether oxygens (including phenoxy) is 3. The van der Waals surface area contributed by atoms with Gasteiger partial charge in [0.25, 0.3) is 5.91 Å². The highest BCUT2D eigenvalue weighted by Crippen LogP contribution is 2.31. The number of nitrogens with zero attached hydrogens (tertiary/aromatic N) is 1. The minimum absolute atomic E-state index is 0.204. The standard InChI is InChI=1S/C18H23N3O4/c1-23-10-4-9-19-18(22)16-7-5-13(12-20-16)21-15-8-6-14(24-2)11-17(15)25-3/h5-8,11-12,21H,4,9-10H2,1-3H3,(H,19,22). The van der Waals surface area contributed by atoms with Crippen LogP contribution in [0.5, 0.6) is 11.5 Å². The topological polar surface area (TPSA) is 81.7 Å². The maximum atomic E-state index is 12.0. The van der Waals surface area contributed by atoms with E-state index >= 15 is 0 Å². The monoisotopic (exact) mass is 345 g/mol. The zero-order valence-corrected chi connectivity index (χ0v) is 14.7. The SMILES string of the molecule is COCCCNC(=O)c1ccc(Nc2ccc(OC)cc2OC)cn1. The zero-order valence-electron chi connectivity index (χ0n) is 14.7. The summed E-state index contributed by atoms with van der Waals surface area (Å²) in [5.74, 6) is 1.16. The summed E-state index contributed by atoms with van der Waals surface area (Å²) >= 11 is 0.